The average Bonchev–Trinajstić information content (AvgIpc) is 2.42. The number of hydrogen-bond acceptors (Lipinski definition) is 4. The van der Waals surface area contributed by atoms with Crippen molar-refractivity contribution in [2.24, 2.45) is 5.92 Å². The lowest BCUT2D eigenvalue weighted by atomic mass is 10.0. The van der Waals surface area contributed by atoms with Crippen LogP contribution in [0.5, 0.6) is 0 Å². The average molecular weight is 278 g/mol. The predicted octanol–water partition coefficient (Wildman–Crippen LogP) is 2.60. The Morgan fingerprint density at radius 2 is 2.10 bits per heavy atom. The van der Waals surface area contributed by atoms with E-state index < -0.39 is 0 Å². The lowest BCUT2D eigenvalue weighted by Gasteiger charge is -2.13. The van der Waals surface area contributed by atoms with Crippen molar-refractivity contribution in [3.63, 3.8) is 0 Å². The number of aliphatic hydroxyl groups is 1. The molecule has 0 aromatic heterocycles. The molecule has 5 nitrogen and oxygen atoms in total. The molecule has 20 heavy (non-hydrogen) atoms. The molecule has 1 rings (SSSR count). The van der Waals surface area contributed by atoms with E-state index in [4.69, 9.17) is 0 Å². The van der Waals surface area contributed by atoms with E-state index in [1.807, 2.05) is 19.9 Å². The quantitative estimate of drug-likeness (QED) is 0.435. The Morgan fingerprint density at radius 1 is 1.40 bits per heavy atom. The molecule has 1 atom stereocenters. The third-order valence-electron chi connectivity index (χ3n) is 3.08. The summed E-state index contributed by atoms with van der Waals surface area (Å²) in [5, 5.41) is 23.6. The normalized spacial score (nSPS) is 13.0. The van der Waals surface area contributed by atoms with Crippen molar-refractivity contribution in [1.29, 1.82) is 0 Å². The predicted molar refractivity (Wildman–Crippen MR) is 80.5 cm³/mol. The molecule has 110 valence electrons. The standard InChI is InChI=1S/C15H22N2O3/c1-12(2)15(18)9-11-16-10-5-7-13-6-3-4-8-14(13)17(19)20/h3-8,12,15-16,18H,9-11H2,1-2H3/b7-5+. The van der Waals surface area contributed by atoms with Crippen molar-refractivity contribution in [1.82, 2.24) is 5.32 Å². The largest absolute Gasteiger partial charge is 0.393 e. The van der Waals surface area contributed by atoms with E-state index in [0.29, 0.717) is 18.5 Å². The van der Waals surface area contributed by atoms with Crippen molar-refractivity contribution in [3.05, 3.63) is 46.0 Å². The number of nitrogens with one attached hydrogen (secondary N) is 1. The monoisotopic (exact) mass is 278 g/mol. The van der Waals surface area contributed by atoms with Crippen LogP contribution in [0.3, 0.4) is 0 Å². The highest BCUT2D eigenvalue weighted by molar-refractivity contribution is 5.60. The number of aliphatic hydroxyl groups excluding tert-OH is 1. The van der Waals surface area contributed by atoms with Gasteiger partial charge in [0, 0.05) is 12.6 Å². The van der Waals surface area contributed by atoms with E-state index >= 15 is 0 Å². The van der Waals surface area contributed by atoms with Crippen molar-refractivity contribution in [2.45, 2.75) is 26.4 Å². The Labute approximate surface area is 119 Å². The number of nitro groups is 1. The second kappa shape index (κ2) is 8.45. The molecule has 0 radical (unpaired) electrons. The van der Waals surface area contributed by atoms with Crippen molar-refractivity contribution < 1.29 is 10.0 Å². The molecule has 0 aliphatic heterocycles. The van der Waals surface area contributed by atoms with Crippen LogP contribution in [0.15, 0.2) is 30.3 Å². The van der Waals surface area contributed by atoms with E-state index in [1.54, 1.807) is 24.3 Å². The smallest absolute Gasteiger partial charge is 0.276 e. The van der Waals surface area contributed by atoms with Gasteiger partial charge in [-0.3, -0.25) is 10.1 Å². The Kier molecular flexibility index (Phi) is 6.90. The molecule has 1 aromatic carbocycles. The van der Waals surface area contributed by atoms with E-state index in [1.165, 1.54) is 6.07 Å². The lowest BCUT2D eigenvalue weighted by Crippen LogP contribution is -2.23. The summed E-state index contributed by atoms with van der Waals surface area (Å²) in [6.07, 6.45) is 4.01. The van der Waals surface area contributed by atoms with Crippen LogP contribution in [0, 0.1) is 16.0 Å². The molecule has 1 aromatic rings. The molecule has 0 aliphatic carbocycles. The summed E-state index contributed by atoms with van der Waals surface area (Å²) < 4.78 is 0. The molecule has 1 unspecified atom stereocenters. The summed E-state index contributed by atoms with van der Waals surface area (Å²) in [5.41, 5.74) is 0.709. The molecule has 2 N–H and O–H groups in total. The molecule has 0 saturated carbocycles. The summed E-state index contributed by atoms with van der Waals surface area (Å²) in [6, 6.07) is 6.64. The maximum atomic E-state index is 10.8. The molecule has 0 heterocycles. The zero-order chi connectivity index (χ0) is 15.0. The molecule has 0 aliphatic rings. The van der Waals surface area contributed by atoms with E-state index in [9.17, 15) is 15.2 Å². The number of nitrogens with zero attached hydrogens (tertiary/aromatic N) is 1. The van der Waals surface area contributed by atoms with Gasteiger partial charge in [0.1, 0.15) is 0 Å². The minimum atomic E-state index is -0.383. The molecular formula is C15H22N2O3. The zero-order valence-electron chi connectivity index (χ0n) is 12.0. The van der Waals surface area contributed by atoms with Crippen LogP contribution in [0.2, 0.25) is 0 Å². The Bertz CT molecular complexity index is 458. The molecule has 0 spiro atoms. The first-order chi connectivity index (χ1) is 9.52. The molecule has 0 saturated heterocycles. The number of nitro benzene ring substituents is 1. The second-order valence-corrected chi connectivity index (χ2v) is 5.02. The number of benzene rings is 1. The molecule has 0 bridgehead atoms. The summed E-state index contributed by atoms with van der Waals surface area (Å²) in [6.45, 7) is 5.32. The van der Waals surface area contributed by atoms with Gasteiger partial charge < -0.3 is 10.4 Å². The maximum absolute atomic E-state index is 10.8. The highest BCUT2D eigenvalue weighted by Gasteiger charge is 2.09. The summed E-state index contributed by atoms with van der Waals surface area (Å²) in [7, 11) is 0. The lowest BCUT2D eigenvalue weighted by molar-refractivity contribution is -0.385. The Balaban J connectivity index is 2.37. The van der Waals surface area contributed by atoms with Gasteiger partial charge in [0.05, 0.1) is 16.6 Å². The fraction of sp³-hybridized carbons (Fsp3) is 0.467. The second-order valence-electron chi connectivity index (χ2n) is 5.02. The first kappa shape index (κ1) is 16.3. The van der Waals surface area contributed by atoms with Crippen molar-refractivity contribution >= 4 is 11.8 Å². The summed E-state index contributed by atoms with van der Waals surface area (Å²) in [4.78, 5) is 10.4. The van der Waals surface area contributed by atoms with Crippen molar-refractivity contribution in [3.8, 4) is 0 Å². The van der Waals surface area contributed by atoms with Crippen LogP contribution >= 0.6 is 0 Å². The first-order valence-corrected chi connectivity index (χ1v) is 6.81. The SMILES string of the molecule is CC(C)C(O)CCNC/C=C/c1ccccc1[N+](=O)[O-]. The van der Waals surface area contributed by atoms with Gasteiger partial charge in [-0.15, -0.1) is 0 Å². The van der Waals surface area contributed by atoms with Crippen LogP contribution in [-0.2, 0) is 0 Å². The highest BCUT2D eigenvalue weighted by atomic mass is 16.6. The van der Waals surface area contributed by atoms with Crippen LogP contribution < -0.4 is 5.32 Å². The molecule has 0 fully saturated rings. The van der Waals surface area contributed by atoms with Gasteiger partial charge in [-0.25, -0.2) is 0 Å². The van der Waals surface area contributed by atoms with Gasteiger partial charge >= 0.3 is 0 Å². The number of rotatable bonds is 8. The third-order valence-corrected chi connectivity index (χ3v) is 3.08. The van der Waals surface area contributed by atoms with E-state index in [2.05, 4.69) is 5.32 Å². The van der Waals surface area contributed by atoms with Crippen LogP contribution in [0.4, 0.5) is 5.69 Å². The van der Waals surface area contributed by atoms with Crippen LogP contribution in [-0.4, -0.2) is 29.2 Å². The number of para-hydroxylation sites is 1. The van der Waals surface area contributed by atoms with E-state index in [-0.39, 0.29) is 22.6 Å². The zero-order valence-corrected chi connectivity index (χ0v) is 12.0. The molecular weight excluding hydrogens is 256 g/mol. The Morgan fingerprint density at radius 3 is 2.75 bits per heavy atom. The fourth-order valence-corrected chi connectivity index (χ4v) is 1.75. The van der Waals surface area contributed by atoms with Crippen molar-refractivity contribution in [2.75, 3.05) is 13.1 Å². The van der Waals surface area contributed by atoms with Gasteiger partial charge in [-0.1, -0.05) is 38.1 Å². The Hall–Kier alpha value is -1.72. The van der Waals surface area contributed by atoms with Gasteiger partial charge in [-0.05, 0) is 24.9 Å². The van der Waals surface area contributed by atoms with Crippen LogP contribution in [0.25, 0.3) is 6.08 Å². The number of hydrogen-bond donors (Lipinski definition) is 2. The minimum Gasteiger partial charge on any atom is -0.393 e. The molecule has 5 heteroatoms. The fourth-order valence-electron chi connectivity index (χ4n) is 1.75. The van der Waals surface area contributed by atoms with Gasteiger partial charge in [-0.2, -0.15) is 0 Å². The van der Waals surface area contributed by atoms with E-state index in [0.717, 1.165) is 6.54 Å². The first-order valence-electron chi connectivity index (χ1n) is 6.81. The highest BCUT2D eigenvalue weighted by Crippen LogP contribution is 2.18. The summed E-state index contributed by atoms with van der Waals surface area (Å²) >= 11 is 0. The van der Waals surface area contributed by atoms with Gasteiger partial charge in [0.15, 0.2) is 0 Å². The van der Waals surface area contributed by atoms with Gasteiger partial charge in [0.2, 0.25) is 0 Å². The minimum absolute atomic E-state index is 0.110. The molecule has 0 amide bonds. The third kappa shape index (κ3) is 5.50. The van der Waals surface area contributed by atoms with Gasteiger partial charge in [0.25, 0.3) is 5.69 Å². The van der Waals surface area contributed by atoms with Crippen LogP contribution in [0.1, 0.15) is 25.8 Å². The maximum Gasteiger partial charge on any atom is 0.276 e. The topological polar surface area (TPSA) is 75.4 Å². The summed E-state index contributed by atoms with van der Waals surface area (Å²) in [5.74, 6) is 0.263.